The molecule has 0 aliphatic carbocycles. The van der Waals surface area contributed by atoms with Gasteiger partial charge in [-0.1, -0.05) is 24.3 Å². The normalized spacial score (nSPS) is 12.7. The fourth-order valence-electron chi connectivity index (χ4n) is 2.27. The van der Waals surface area contributed by atoms with Crippen LogP contribution in [0.2, 0.25) is 0 Å². The van der Waals surface area contributed by atoms with Crippen molar-refractivity contribution in [1.82, 2.24) is 4.90 Å². The van der Waals surface area contributed by atoms with Crippen LogP contribution in [0.15, 0.2) is 48.5 Å². The lowest BCUT2D eigenvalue weighted by Gasteiger charge is -2.17. The zero-order chi connectivity index (χ0) is 14.5. The van der Waals surface area contributed by atoms with Gasteiger partial charge in [-0.3, -0.25) is 4.90 Å². The second-order valence-electron chi connectivity index (χ2n) is 5.09. The van der Waals surface area contributed by atoms with Crippen LogP contribution in [0.4, 0.5) is 0 Å². The highest BCUT2D eigenvalue weighted by atomic mass is 16.7. The van der Waals surface area contributed by atoms with Crippen LogP contribution in [-0.2, 0) is 6.54 Å². The highest BCUT2D eigenvalue weighted by Crippen LogP contribution is 2.32. The lowest BCUT2D eigenvalue weighted by Crippen LogP contribution is -2.23. The lowest BCUT2D eigenvalue weighted by molar-refractivity contribution is 0.174. The fraction of sp³-hybridized carbons (Fsp3) is 0.294. The molecule has 0 radical (unpaired) electrons. The highest BCUT2D eigenvalue weighted by Gasteiger charge is 2.13. The summed E-state index contributed by atoms with van der Waals surface area (Å²) < 4.78 is 16.4. The zero-order valence-electron chi connectivity index (χ0n) is 12.1. The van der Waals surface area contributed by atoms with Crippen LogP contribution >= 0.6 is 0 Å². The van der Waals surface area contributed by atoms with E-state index in [4.69, 9.17) is 14.2 Å². The van der Waals surface area contributed by atoms with Crippen molar-refractivity contribution in [2.75, 3.05) is 27.0 Å². The van der Waals surface area contributed by atoms with Gasteiger partial charge in [-0.15, -0.1) is 0 Å². The average molecular weight is 285 g/mol. The minimum atomic E-state index is 0.319. The van der Waals surface area contributed by atoms with Crippen molar-refractivity contribution >= 4 is 0 Å². The molecule has 0 bridgehead atoms. The molecule has 2 aromatic carbocycles. The van der Waals surface area contributed by atoms with Crippen molar-refractivity contribution < 1.29 is 14.2 Å². The molecule has 4 heteroatoms. The van der Waals surface area contributed by atoms with E-state index in [0.29, 0.717) is 13.4 Å². The second kappa shape index (κ2) is 6.50. The second-order valence-corrected chi connectivity index (χ2v) is 5.09. The number of hydrogen-bond acceptors (Lipinski definition) is 4. The lowest BCUT2D eigenvalue weighted by atomic mass is 10.2. The number of ether oxygens (including phenoxy) is 3. The maximum Gasteiger partial charge on any atom is 0.231 e. The van der Waals surface area contributed by atoms with Crippen LogP contribution in [0.1, 0.15) is 5.56 Å². The van der Waals surface area contributed by atoms with Gasteiger partial charge in [0.15, 0.2) is 11.5 Å². The van der Waals surface area contributed by atoms with E-state index in [1.54, 1.807) is 0 Å². The van der Waals surface area contributed by atoms with Crippen molar-refractivity contribution in [3.8, 4) is 17.2 Å². The van der Waals surface area contributed by atoms with E-state index in [1.165, 1.54) is 5.56 Å². The van der Waals surface area contributed by atoms with Crippen molar-refractivity contribution in [3.63, 3.8) is 0 Å². The van der Waals surface area contributed by atoms with E-state index in [2.05, 4.69) is 18.0 Å². The number of benzene rings is 2. The van der Waals surface area contributed by atoms with E-state index in [-0.39, 0.29) is 0 Å². The molecule has 4 nitrogen and oxygen atoms in total. The van der Waals surface area contributed by atoms with E-state index < -0.39 is 0 Å². The maximum absolute atomic E-state index is 5.70. The average Bonchev–Trinajstić information content (AvgIpc) is 2.96. The topological polar surface area (TPSA) is 30.9 Å². The van der Waals surface area contributed by atoms with Gasteiger partial charge >= 0.3 is 0 Å². The van der Waals surface area contributed by atoms with Crippen LogP contribution in [0.3, 0.4) is 0 Å². The minimum Gasteiger partial charge on any atom is -0.492 e. The first kappa shape index (κ1) is 13.8. The molecule has 0 fully saturated rings. The Bertz CT molecular complexity index is 586. The smallest absolute Gasteiger partial charge is 0.231 e. The standard InChI is InChI=1S/C17H19NO3/c1-18(9-10-19-15-5-3-2-4-6-15)12-14-7-8-16-17(11-14)21-13-20-16/h2-8,11H,9-10,12-13H2,1H3. The molecule has 1 aliphatic heterocycles. The van der Waals surface area contributed by atoms with E-state index in [9.17, 15) is 0 Å². The van der Waals surface area contributed by atoms with E-state index in [0.717, 1.165) is 30.3 Å². The van der Waals surface area contributed by atoms with Gasteiger partial charge in [-0.2, -0.15) is 0 Å². The Balaban J connectivity index is 1.47. The number of nitrogens with zero attached hydrogens (tertiary/aromatic N) is 1. The van der Waals surface area contributed by atoms with Crippen molar-refractivity contribution in [3.05, 3.63) is 54.1 Å². The quantitative estimate of drug-likeness (QED) is 0.816. The van der Waals surface area contributed by atoms with Gasteiger partial charge in [-0.05, 0) is 36.9 Å². The molecule has 0 spiro atoms. The molecule has 3 rings (SSSR count). The van der Waals surface area contributed by atoms with Crippen LogP contribution in [-0.4, -0.2) is 31.9 Å². The molecule has 110 valence electrons. The summed E-state index contributed by atoms with van der Waals surface area (Å²) in [6.45, 7) is 2.71. The third-order valence-corrected chi connectivity index (χ3v) is 3.37. The van der Waals surface area contributed by atoms with Crippen molar-refractivity contribution in [1.29, 1.82) is 0 Å². The number of para-hydroxylation sites is 1. The van der Waals surface area contributed by atoms with Gasteiger partial charge in [0.05, 0.1) is 0 Å². The third-order valence-electron chi connectivity index (χ3n) is 3.37. The molecule has 1 aliphatic rings. The van der Waals surface area contributed by atoms with E-state index >= 15 is 0 Å². The molecule has 0 N–H and O–H groups in total. The molecule has 2 aromatic rings. The Kier molecular flexibility index (Phi) is 4.26. The SMILES string of the molecule is CN(CCOc1ccccc1)Cc1ccc2c(c1)OCO2. The Morgan fingerprint density at radius 1 is 1.05 bits per heavy atom. The van der Waals surface area contributed by atoms with Gasteiger partial charge in [0.1, 0.15) is 12.4 Å². The monoisotopic (exact) mass is 285 g/mol. The summed E-state index contributed by atoms with van der Waals surface area (Å²) in [5, 5.41) is 0. The maximum atomic E-state index is 5.70. The molecule has 0 saturated carbocycles. The number of hydrogen-bond donors (Lipinski definition) is 0. The van der Waals surface area contributed by atoms with Gasteiger partial charge in [0.25, 0.3) is 0 Å². The zero-order valence-corrected chi connectivity index (χ0v) is 12.1. The first-order chi connectivity index (χ1) is 10.3. The molecule has 21 heavy (non-hydrogen) atoms. The van der Waals surface area contributed by atoms with Crippen LogP contribution < -0.4 is 14.2 Å². The summed E-state index contributed by atoms with van der Waals surface area (Å²) in [7, 11) is 2.08. The van der Waals surface area contributed by atoms with Gasteiger partial charge < -0.3 is 14.2 Å². The predicted molar refractivity (Wildman–Crippen MR) is 80.8 cm³/mol. The Morgan fingerprint density at radius 3 is 2.71 bits per heavy atom. The summed E-state index contributed by atoms with van der Waals surface area (Å²) in [5.74, 6) is 2.57. The van der Waals surface area contributed by atoms with Crippen LogP contribution in [0, 0.1) is 0 Å². The fourth-order valence-corrected chi connectivity index (χ4v) is 2.27. The predicted octanol–water partition coefficient (Wildman–Crippen LogP) is 2.93. The molecule has 0 unspecified atom stereocenters. The van der Waals surface area contributed by atoms with Crippen LogP contribution in [0.25, 0.3) is 0 Å². The molecule has 1 heterocycles. The Morgan fingerprint density at radius 2 is 1.86 bits per heavy atom. The molecular formula is C17H19NO3. The molecule has 0 amide bonds. The van der Waals surface area contributed by atoms with Gasteiger partial charge in [0, 0.05) is 13.1 Å². The van der Waals surface area contributed by atoms with Gasteiger partial charge in [0.2, 0.25) is 6.79 Å². The third kappa shape index (κ3) is 3.67. The largest absolute Gasteiger partial charge is 0.492 e. The first-order valence-corrected chi connectivity index (χ1v) is 7.06. The summed E-state index contributed by atoms with van der Waals surface area (Å²) in [6, 6.07) is 16.0. The van der Waals surface area contributed by atoms with Crippen molar-refractivity contribution in [2.45, 2.75) is 6.54 Å². The summed E-state index contributed by atoms with van der Waals surface area (Å²) in [5.41, 5.74) is 1.21. The Hall–Kier alpha value is -2.20. The molecule has 0 aromatic heterocycles. The number of rotatable bonds is 6. The Labute approximate surface area is 124 Å². The number of likely N-dealkylation sites (N-methyl/N-ethyl adjacent to an activating group) is 1. The molecule has 0 atom stereocenters. The first-order valence-electron chi connectivity index (χ1n) is 7.06. The van der Waals surface area contributed by atoms with Crippen LogP contribution in [0.5, 0.6) is 17.2 Å². The highest BCUT2D eigenvalue weighted by molar-refractivity contribution is 5.44. The number of fused-ring (bicyclic) bond motifs is 1. The minimum absolute atomic E-state index is 0.319. The molecule has 0 saturated heterocycles. The van der Waals surface area contributed by atoms with Crippen molar-refractivity contribution in [2.24, 2.45) is 0 Å². The molecular weight excluding hydrogens is 266 g/mol. The van der Waals surface area contributed by atoms with E-state index in [1.807, 2.05) is 42.5 Å². The summed E-state index contributed by atoms with van der Waals surface area (Å²) in [4.78, 5) is 2.22. The summed E-state index contributed by atoms with van der Waals surface area (Å²) in [6.07, 6.45) is 0. The van der Waals surface area contributed by atoms with Gasteiger partial charge in [-0.25, -0.2) is 0 Å². The summed E-state index contributed by atoms with van der Waals surface area (Å²) >= 11 is 0.